The lowest BCUT2D eigenvalue weighted by atomic mass is 10.2. The molecule has 5 heteroatoms. The zero-order valence-corrected chi connectivity index (χ0v) is 12.3. The molecule has 1 aromatic carbocycles. The van der Waals surface area contributed by atoms with E-state index in [1.807, 2.05) is 23.0 Å². The van der Waals surface area contributed by atoms with Gasteiger partial charge in [-0.3, -0.25) is 4.68 Å². The second-order valence-electron chi connectivity index (χ2n) is 4.92. The molecule has 0 aliphatic rings. The lowest BCUT2D eigenvalue weighted by molar-refractivity contribution is 0.426. The third-order valence-electron chi connectivity index (χ3n) is 3.54. The lowest BCUT2D eigenvalue weighted by Crippen LogP contribution is -2.09. The van der Waals surface area contributed by atoms with Crippen LogP contribution in [-0.4, -0.2) is 9.78 Å². The second kappa shape index (κ2) is 6.89. The fraction of sp³-hybridized carbons (Fsp3) is 0.375. The summed E-state index contributed by atoms with van der Waals surface area (Å²) in [4.78, 5) is 0. The Balaban J connectivity index is 2.02. The first-order chi connectivity index (χ1) is 10.2. The van der Waals surface area contributed by atoms with Gasteiger partial charge in [0.25, 0.3) is 0 Å². The molecule has 1 aromatic heterocycles. The van der Waals surface area contributed by atoms with Crippen LogP contribution < -0.4 is 5.32 Å². The van der Waals surface area contributed by atoms with Gasteiger partial charge in [0.05, 0.1) is 23.8 Å². The number of aromatic nitrogens is 2. The number of nitrogens with zero attached hydrogens (tertiary/aromatic N) is 3. The molecule has 0 unspecified atom stereocenters. The monoisotopic (exact) mass is 286 g/mol. The first-order valence-corrected chi connectivity index (χ1v) is 7.15. The van der Waals surface area contributed by atoms with E-state index < -0.39 is 5.82 Å². The molecule has 2 aromatic rings. The highest BCUT2D eigenvalue weighted by atomic mass is 19.1. The summed E-state index contributed by atoms with van der Waals surface area (Å²) in [5.74, 6) is -0.499. The van der Waals surface area contributed by atoms with E-state index in [0.717, 1.165) is 18.5 Å². The molecule has 0 amide bonds. The van der Waals surface area contributed by atoms with Crippen molar-refractivity contribution in [3.05, 3.63) is 47.5 Å². The van der Waals surface area contributed by atoms with Crippen LogP contribution >= 0.6 is 0 Å². The van der Waals surface area contributed by atoms with E-state index in [2.05, 4.69) is 24.3 Å². The van der Waals surface area contributed by atoms with Gasteiger partial charge in [-0.1, -0.05) is 13.8 Å². The van der Waals surface area contributed by atoms with Crippen LogP contribution in [0.3, 0.4) is 0 Å². The predicted molar refractivity (Wildman–Crippen MR) is 80.3 cm³/mol. The molecule has 0 saturated carbocycles. The van der Waals surface area contributed by atoms with Crippen LogP contribution in [0.1, 0.15) is 44.0 Å². The Hall–Kier alpha value is -2.35. The van der Waals surface area contributed by atoms with Crippen LogP contribution in [0.5, 0.6) is 0 Å². The highest BCUT2D eigenvalue weighted by Gasteiger charge is 2.08. The Kier molecular flexibility index (Phi) is 4.94. The number of hydrogen-bond acceptors (Lipinski definition) is 3. The highest BCUT2D eigenvalue weighted by molar-refractivity contribution is 5.49. The highest BCUT2D eigenvalue weighted by Crippen LogP contribution is 2.16. The van der Waals surface area contributed by atoms with Gasteiger partial charge in [-0.2, -0.15) is 10.4 Å². The maximum atomic E-state index is 13.2. The van der Waals surface area contributed by atoms with Gasteiger partial charge >= 0.3 is 0 Å². The molecule has 0 saturated heterocycles. The number of rotatable bonds is 6. The van der Waals surface area contributed by atoms with Gasteiger partial charge in [-0.25, -0.2) is 4.39 Å². The standard InChI is InChI=1S/C16H19FN4/c1-3-15(4-2)21-8-7-14(20-21)11-19-13-5-6-16(17)12(9-13)10-18/h5-9,15,19H,3-4,11H2,1-2H3. The third-order valence-corrected chi connectivity index (χ3v) is 3.54. The smallest absolute Gasteiger partial charge is 0.141 e. The van der Waals surface area contributed by atoms with Crippen molar-refractivity contribution in [1.29, 1.82) is 5.26 Å². The number of halogens is 1. The van der Waals surface area contributed by atoms with Crippen LogP contribution in [-0.2, 0) is 6.54 Å². The summed E-state index contributed by atoms with van der Waals surface area (Å²) < 4.78 is 15.2. The van der Waals surface area contributed by atoms with Crippen molar-refractivity contribution >= 4 is 5.69 Å². The van der Waals surface area contributed by atoms with E-state index in [4.69, 9.17) is 5.26 Å². The topological polar surface area (TPSA) is 53.6 Å². The summed E-state index contributed by atoms with van der Waals surface area (Å²) in [5.41, 5.74) is 1.68. The second-order valence-corrected chi connectivity index (χ2v) is 4.92. The van der Waals surface area contributed by atoms with E-state index in [1.165, 1.54) is 12.1 Å². The predicted octanol–water partition coefficient (Wildman–Crippen LogP) is 3.87. The summed E-state index contributed by atoms with van der Waals surface area (Å²) in [7, 11) is 0. The zero-order chi connectivity index (χ0) is 15.2. The van der Waals surface area contributed by atoms with Crippen LogP contribution in [0.4, 0.5) is 10.1 Å². The quantitative estimate of drug-likeness (QED) is 0.877. The van der Waals surface area contributed by atoms with Gasteiger partial charge in [0.15, 0.2) is 0 Å². The van der Waals surface area contributed by atoms with E-state index in [1.54, 1.807) is 6.07 Å². The Labute approximate surface area is 124 Å². The molecular weight excluding hydrogens is 267 g/mol. The minimum Gasteiger partial charge on any atom is -0.379 e. The van der Waals surface area contributed by atoms with Gasteiger partial charge in [0.1, 0.15) is 11.9 Å². The molecule has 1 N–H and O–H groups in total. The molecule has 0 bridgehead atoms. The van der Waals surface area contributed by atoms with Gasteiger partial charge in [0.2, 0.25) is 0 Å². The summed E-state index contributed by atoms with van der Waals surface area (Å²) in [5, 5.41) is 16.5. The molecule has 0 aliphatic carbocycles. The molecule has 0 aliphatic heterocycles. The summed E-state index contributed by atoms with van der Waals surface area (Å²) in [6, 6.07) is 8.65. The Morgan fingerprint density at radius 1 is 1.33 bits per heavy atom. The first-order valence-electron chi connectivity index (χ1n) is 7.15. The molecule has 2 rings (SSSR count). The summed E-state index contributed by atoms with van der Waals surface area (Å²) in [6.07, 6.45) is 4.09. The maximum absolute atomic E-state index is 13.2. The lowest BCUT2D eigenvalue weighted by Gasteiger charge is -2.12. The van der Waals surface area contributed by atoms with Crippen molar-refractivity contribution < 1.29 is 4.39 Å². The van der Waals surface area contributed by atoms with E-state index >= 15 is 0 Å². The number of nitrogens with one attached hydrogen (secondary N) is 1. The summed E-state index contributed by atoms with van der Waals surface area (Å²) in [6.45, 7) is 4.84. The number of hydrogen-bond donors (Lipinski definition) is 1. The minimum atomic E-state index is -0.499. The van der Waals surface area contributed by atoms with E-state index in [0.29, 0.717) is 18.3 Å². The van der Waals surface area contributed by atoms with Crippen molar-refractivity contribution in [2.45, 2.75) is 39.3 Å². The number of anilines is 1. The Bertz CT molecular complexity index is 638. The molecule has 0 atom stereocenters. The average Bonchev–Trinajstić information content (AvgIpc) is 2.96. The molecular formula is C16H19FN4. The first kappa shape index (κ1) is 15.0. The number of benzene rings is 1. The fourth-order valence-electron chi connectivity index (χ4n) is 2.25. The van der Waals surface area contributed by atoms with Crippen LogP contribution in [0.15, 0.2) is 30.5 Å². The van der Waals surface area contributed by atoms with Gasteiger partial charge in [0, 0.05) is 11.9 Å². The molecule has 0 radical (unpaired) electrons. The van der Waals surface area contributed by atoms with Crippen molar-refractivity contribution in [2.75, 3.05) is 5.32 Å². The third kappa shape index (κ3) is 3.60. The largest absolute Gasteiger partial charge is 0.379 e. The van der Waals surface area contributed by atoms with Crippen molar-refractivity contribution in [1.82, 2.24) is 9.78 Å². The minimum absolute atomic E-state index is 0.0440. The van der Waals surface area contributed by atoms with E-state index in [9.17, 15) is 4.39 Å². The maximum Gasteiger partial charge on any atom is 0.141 e. The normalized spacial score (nSPS) is 10.6. The van der Waals surface area contributed by atoms with Crippen molar-refractivity contribution in [3.8, 4) is 6.07 Å². The van der Waals surface area contributed by atoms with Crippen LogP contribution in [0.25, 0.3) is 0 Å². The molecule has 0 spiro atoms. The van der Waals surface area contributed by atoms with E-state index in [-0.39, 0.29) is 5.56 Å². The Morgan fingerprint density at radius 2 is 2.10 bits per heavy atom. The molecule has 4 nitrogen and oxygen atoms in total. The van der Waals surface area contributed by atoms with Crippen molar-refractivity contribution in [3.63, 3.8) is 0 Å². The SMILES string of the molecule is CCC(CC)n1ccc(CNc2ccc(F)c(C#N)c2)n1. The Morgan fingerprint density at radius 3 is 2.76 bits per heavy atom. The molecule has 0 fully saturated rings. The fourth-order valence-corrected chi connectivity index (χ4v) is 2.25. The van der Waals surface area contributed by atoms with Crippen LogP contribution in [0, 0.1) is 17.1 Å². The average molecular weight is 286 g/mol. The molecule has 110 valence electrons. The summed E-state index contributed by atoms with van der Waals surface area (Å²) >= 11 is 0. The van der Waals surface area contributed by atoms with Gasteiger partial charge in [-0.15, -0.1) is 0 Å². The van der Waals surface area contributed by atoms with Gasteiger partial charge in [-0.05, 0) is 37.1 Å². The van der Waals surface area contributed by atoms with Crippen LogP contribution in [0.2, 0.25) is 0 Å². The molecule has 21 heavy (non-hydrogen) atoms. The van der Waals surface area contributed by atoms with Gasteiger partial charge < -0.3 is 5.32 Å². The number of nitriles is 1. The molecule has 1 heterocycles. The van der Waals surface area contributed by atoms with Crippen molar-refractivity contribution in [2.24, 2.45) is 0 Å². The zero-order valence-electron chi connectivity index (χ0n) is 12.3.